The number of ether oxygens (including phenoxy) is 1. The van der Waals surface area contributed by atoms with Gasteiger partial charge in [-0.3, -0.25) is 0 Å². The first-order valence-electron chi connectivity index (χ1n) is 5.08. The van der Waals surface area contributed by atoms with Crippen LogP contribution in [0.1, 0.15) is 42.9 Å². The van der Waals surface area contributed by atoms with E-state index < -0.39 is 5.97 Å². The summed E-state index contributed by atoms with van der Waals surface area (Å²) in [6.07, 6.45) is 0.479. The molecule has 0 aliphatic carbocycles. The second-order valence-electron chi connectivity index (χ2n) is 4.58. The zero-order valence-electron chi connectivity index (χ0n) is 10.0. The Morgan fingerprint density at radius 3 is 2.50 bits per heavy atom. The predicted octanol–water partition coefficient (Wildman–Crippen LogP) is 1.86. The van der Waals surface area contributed by atoms with Crippen molar-refractivity contribution in [2.24, 2.45) is 0 Å². The van der Waals surface area contributed by atoms with Gasteiger partial charge in [-0.2, -0.15) is 0 Å². The molecule has 0 radical (unpaired) electrons. The number of hydrogen-bond donors (Lipinski definition) is 1. The molecule has 5 heteroatoms. The highest BCUT2D eigenvalue weighted by atomic mass is 16.5. The minimum Gasteiger partial charge on any atom is -0.475 e. The topological polar surface area (TPSA) is 72.6 Å². The first kappa shape index (κ1) is 12.7. The van der Waals surface area contributed by atoms with Crippen LogP contribution in [0.5, 0.6) is 0 Å². The zero-order valence-corrected chi connectivity index (χ0v) is 10.0. The summed E-state index contributed by atoms with van der Waals surface area (Å²) < 4.78 is 10.1. The van der Waals surface area contributed by atoms with Gasteiger partial charge in [0.05, 0.1) is 12.3 Å². The van der Waals surface area contributed by atoms with Crippen molar-refractivity contribution in [2.75, 3.05) is 13.7 Å². The maximum absolute atomic E-state index is 11.0. The van der Waals surface area contributed by atoms with Crippen LogP contribution in [-0.4, -0.2) is 29.8 Å². The summed E-state index contributed by atoms with van der Waals surface area (Å²) in [5.74, 6) is -0.746. The normalized spacial score (nSPS) is 11.8. The van der Waals surface area contributed by atoms with Crippen molar-refractivity contribution in [3.63, 3.8) is 0 Å². The smallest absolute Gasteiger partial charge is 0.373 e. The number of oxazole rings is 1. The van der Waals surface area contributed by atoms with Gasteiger partial charge < -0.3 is 14.3 Å². The van der Waals surface area contributed by atoms with Crippen LogP contribution in [0.15, 0.2) is 4.42 Å². The van der Waals surface area contributed by atoms with E-state index >= 15 is 0 Å². The maximum atomic E-state index is 11.0. The molecule has 0 aliphatic heterocycles. The number of carboxylic acid groups (broad SMARTS) is 1. The van der Waals surface area contributed by atoms with Crippen LogP contribution in [0.25, 0.3) is 0 Å². The van der Waals surface area contributed by atoms with Crippen LogP contribution in [-0.2, 0) is 16.6 Å². The number of aromatic carboxylic acids is 1. The fraction of sp³-hybridized carbons (Fsp3) is 0.636. The molecule has 1 N–H and O–H groups in total. The largest absolute Gasteiger partial charge is 0.475 e. The summed E-state index contributed by atoms with van der Waals surface area (Å²) in [7, 11) is 1.58. The van der Waals surface area contributed by atoms with Crippen LogP contribution in [0.2, 0.25) is 0 Å². The van der Waals surface area contributed by atoms with Crippen LogP contribution in [0.3, 0.4) is 0 Å². The number of aromatic nitrogens is 1. The van der Waals surface area contributed by atoms with Crippen molar-refractivity contribution in [3.8, 4) is 0 Å². The molecule has 90 valence electrons. The van der Waals surface area contributed by atoms with Crippen LogP contribution in [0.4, 0.5) is 0 Å². The Balaban J connectivity index is 3.06. The molecule has 0 unspecified atom stereocenters. The Morgan fingerprint density at radius 1 is 1.50 bits per heavy atom. The summed E-state index contributed by atoms with van der Waals surface area (Å²) >= 11 is 0. The molecule has 0 atom stereocenters. The fourth-order valence-electron chi connectivity index (χ4n) is 1.31. The van der Waals surface area contributed by atoms with Crippen molar-refractivity contribution >= 4 is 5.97 Å². The Labute approximate surface area is 94.4 Å². The van der Waals surface area contributed by atoms with Gasteiger partial charge in [0.25, 0.3) is 0 Å². The highest BCUT2D eigenvalue weighted by Gasteiger charge is 2.28. The Hall–Kier alpha value is -1.36. The van der Waals surface area contributed by atoms with Crippen LogP contribution in [0, 0.1) is 0 Å². The third-order valence-corrected chi connectivity index (χ3v) is 2.10. The second kappa shape index (κ2) is 4.65. The number of nitrogens with zero attached hydrogens (tertiary/aromatic N) is 1. The number of carboxylic acids is 1. The minimum atomic E-state index is -1.08. The van der Waals surface area contributed by atoms with Gasteiger partial charge in [0.2, 0.25) is 5.76 Å². The predicted molar refractivity (Wildman–Crippen MR) is 57.7 cm³/mol. The molecule has 16 heavy (non-hydrogen) atoms. The zero-order chi connectivity index (χ0) is 12.3. The standard InChI is InChI=1S/C11H17NO4/c1-11(2,3)9-8(10(13)14)16-7(12-9)5-6-15-4/h5-6H2,1-4H3,(H,13,14). The van der Waals surface area contributed by atoms with E-state index in [2.05, 4.69) is 4.98 Å². The van der Waals surface area contributed by atoms with Crippen LogP contribution < -0.4 is 0 Å². The number of carbonyl (C=O) groups is 1. The molecule has 0 bridgehead atoms. The van der Waals surface area contributed by atoms with Crippen molar-refractivity contribution in [1.82, 2.24) is 4.98 Å². The maximum Gasteiger partial charge on any atom is 0.373 e. The third kappa shape index (κ3) is 2.82. The lowest BCUT2D eigenvalue weighted by Crippen LogP contribution is -2.16. The first-order valence-corrected chi connectivity index (χ1v) is 5.08. The lowest BCUT2D eigenvalue weighted by Gasteiger charge is -2.14. The van der Waals surface area contributed by atoms with E-state index in [0.29, 0.717) is 24.6 Å². The van der Waals surface area contributed by atoms with Crippen molar-refractivity contribution < 1.29 is 19.1 Å². The Bertz CT molecular complexity index is 376. The number of rotatable bonds is 4. The lowest BCUT2D eigenvalue weighted by atomic mass is 9.91. The summed E-state index contributed by atoms with van der Waals surface area (Å²) in [4.78, 5) is 15.2. The van der Waals surface area contributed by atoms with E-state index in [9.17, 15) is 4.79 Å². The van der Waals surface area contributed by atoms with E-state index in [-0.39, 0.29) is 11.2 Å². The fourth-order valence-corrected chi connectivity index (χ4v) is 1.31. The molecule has 1 aromatic rings. The molecule has 1 heterocycles. The van der Waals surface area contributed by atoms with Crippen LogP contribution >= 0.6 is 0 Å². The number of hydrogen-bond acceptors (Lipinski definition) is 4. The summed E-state index contributed by atoms with van der Waals surface area (Å²) in [6.45, 7) is 6.16. The average Bonchev–Trinajstić information content (AvgIpc) is 2.58. The molecule has 0 spiro atoms. The molecule has 0 aromatic carbocycles. The highest BCUT2D eigenvalue weighted by molar-refractivity contribution is 5.86. The minimum absolute atomic E-state index is 0.0707. The van der Waals surface area contributed by atoms with Gasteiger partial charge in [0.15, 0.2) is 5.89 Å². The summed E-state index contributed by atoms with van der Waals surface area (Å²) in [6, 6.07) is 0. The van der Waals surface area contributed by atoms with Gasteiger partial charge in [-0.05, 0) is 0 Å². The average molecular weight is 227 g/mol. The molecular formula is C11H17NO4. The lowest BCUT2D eigenvalue weighted by molar-refractivity contribution is 0.0655. The molecular weight excluding hydrogens is 210 g/mol. The summed E-state index contributed by atoms with van der Waals surface area (Å²) in [5.41, 5.74) is 0.133. The van der Waals surface area contributed by atoms with Crippen molar-refractivity contribution in [1.29, 1.82) is 0 Å². The molecule has 1 aromatic heterocycles. The molecule has 5 nitrogen and oxygen atoms in total. The monoisotopic (exact) mass is 227 g/mol. The van der Waals surface area contributed by atoms with Gasteiger partial charge in [-0.25, -0.2) is 9.78 Å². The van der Waals surface area contributed by atoms with Crippen molar-refractivity contribution in [2.45, 2.75) is 32.6 Å². The highest BCUT2D eigenvalue weighted by Crippen LogP contribution is 2.26. The van der Waals surface area contributed by atoms with Gasteiger partial charge in [0, 0.05) is 18.9 Å². The number of methoxy groups -OCH3 is 1. The van der Waals surface area contributed by atoms with Gasteiger partial charge in [0.1, 0.15) is 0 Å². The van der Waals surface area contributed by atoms with E-state index in [0.717, 1.165) is 0 Å². The van der Waals surface area contributed by atoms with Gasteiger partial charge in [-0.1, -0.05) is 20.8 Å². The quantitative estimate of drug-likeness (QED) is 0.849. The van der Waals surface area contributed by atoms with E-state index in [1.807, 2.05) is 20.8 Å². The molecule has 0 saturated heterocycles. The first-order chi connectivity index (χ1) is 7.36. The van der Waals surface area contributed by atoms with Crippen molar-refractivity contribution in [3.05, 3.63) is 17.3 Å². The molecule has 0 aliphatic rings. The molecule has 1 rings (SSSR count). The Kier molecular flexibility index (Phi) is 3.70. The second-order valence-corrected chi connectivity index (χ2v) is 4.58. The molecule has 0 fully saturated rings. The third-order valence-electron chi connectivity index (χ3n) is 2.10. The van der Waals surface area contributed by atoms with E-state index in [4.69, 9.17) is 14.3 Å². The van der Waals surface area contributed by atoms with E-state index in [1.54, 1.807) is 7.11 Å². The van der Waals surface area contributed by atoms with Gasteiger partial charge in [-0.15, -0.1) is 0 Å². The molecule has 0 amide bonds. The molecule has 0 saturated carbocycles. The van der Waals surface area contributed by atoms with Gasteiger partial charge >= 0.3 is 5.97 Å². The Morgan fingerprint density at radius 2 is 2.12 bits per heavy atom. The SMILES string of the molecule is COCCc1nc(C(C)(C)C)c(C(=O)O)o1. The summed E-state index contributed by atoms with van der Waals surface area (Å²) in [5, 5.41) is 9.00. The van der Waals surface area contributed by atoms with E-state index in [1.165, 1.54) is 0 Å².